The molecule has 0 radical (unpaired) electrons. The minimum absolute atomic E-state index is 0.0687. The van der Waals surface area contributed by atoms with Crippen LogP contribution in [0, 0.1) is 5.92 Å². The fraction of sp³-hybridized carbons (Fsp3) is 0.300. The summed E-state index contributed by atoms with van der Waals surface area (Å²) in [7, 11) is 0. The fourth-order valence-corrected chi connectivity index (χ4v) is 1.13. The molecule has 0 bridgehead atoms. The highest BCUT2D eigenvalue weighted by atomic mass is 35.5. The van der Waals surface area contributed by atoms with Gasteiger partial charge in [-0.25, -0.2) is 0 Å². The standard InChI is InChI=1S/C10H12ClNO/c1-7(6-12)10(13)8-2-4-9(11)5-3-8/h2-5,7H,6,12H2,1H3. The van der Waals surface area contributed by atoms with Gasteiger partial charge in [-0.2, -0.15) is 0 Å². The van der Waals surface area contributed by atoms with Crippen LogP contribution in [0.3, 0.4) is 0 Å². The second kappa shape index (κ2) is 4.40. The average molecular weight is 198 g/mol. The smallest absolute Gasteiger partial charge is 0.166 e. The van der Waals surface area contributed by atoms with Crippen molar-refractivity contribution in [3.8, 4) is 0 Å². The Morgan fingerprint density at radius 1 is 1.46 bits per heavy atom. The number of Topliss-reactive ketones (excluding diaryl/α,β-unsaturated/α-hetero) is 1. The summed E-state index contributed by atoms with van der Waals surface area (Å²) in [5, 5.41) is 0.636. The molecule has 0 heterocycles. The number of hydrogen-bond donors (Lipinski definition) is 1. The van der Waals surface area contributed by atoms with Gasteiger partial charge in [0.15, 0.2) is 5.78 Å². The van der Waals surface area contributed by atoms with Gasteiger partial charge < -0.3 is 5.73 Å². The van der Waals surface area contributed by atoms with Gasteiger partial charge in [0.25, 0.3) is 0 Å². The first-order valence-electron chi connectivity index (χ1n) is 4.15. The van der Waals surface area contributed by atoms with Crippen molar-refractivity contribution in [2.75, 3.05) is 6.54 Å². The van der Waals surface area contributed by atoms with Gasteiger partial charge in [-0.1, -0.05) is 18.5 Å². The van der Waals surface area contributed by atoms with E-state index in [9.17, 15) is 4.79 Å². The van der Waals surface area contributed by atoms with Gasteiger partial charge in [0.1, 0.15) is 0 Å². The van der Waals surface area contributed by atoms with Crippen molar-refractivity contribution in [3.05, 3.63) is 34.9 Å². The van der Waals surface area contributed by atoms with Crippen molar-refractivity contribution in [2.45, 2.75) is 6.92 Å². The number of nitrogens with two attached hydrogens (primary N) is 1. The van der Waals surface area contributed by atoms with Gasteiger partial charge in [-0.05, 0) is 24.3 Å². The summed E-state index contributed by atoms with van der Waals surface area (Å²) in [6.07, 6.45) is 0. The van der Waals surface area contributed by atoms with Crippen molar-refractivity contribution in [2.24, 2.45) is 11.7 Å². The molecule has 70 valence electrons. The zero-order valence-electron chi connectivity index (χ0n) is 7.46. The zero-order valence-corrected chi connectivity index (χ0v) is 8.21. The molecule has 0 aliphatic rings. The quantitative estimate of drug-likeness (QED) is 0.755. The van der Waals surface area contributed by atoms with Crippen LogP contribution in [0.4, 0.5) is 0 Å². The summed E-state index contributed by atoms with van der Waals surface area (Å²) in [6.45, 7) is 2.19. The molecule has 1 unspecified atom stereocenters. The van der Waals surface area contributed by atoms with E-state index in [-0.39, 0.29) is 11.7 Å². The lowest BCUT2D eigenvalue weighted by Gasteiger charge is -2.06. The predicted molar refractivity (Wildman–Crippen MR) is 54.0 cm³/mol. The maximum atomic E-state index is 11.6. The fourth-order valence-electron chi connectivity index (χ4n) is 1.01. The van der Waals surface area contributed by atoms with Crippen LogP contribution in [0.2, 0.25) is 5.02 Å². The predicted octanol–water partition coefficient (Wildman–Crippen LogP) is 2.12. The Bertz CT molecular complexity index is 294. The minimum atomic E-state index is -0.124. The summed E-state index contributed by atoms with van der Waals surface area (Å²) in [5.74, 6) is -0.0552. The molecule has 2 N–H and O–H groups in total. The molecule has 1 rings (SSSR count). The van der Waals surface area contributed by atoms with Gasteiger partial charge in [-0.15, -0.1) is 0 Å². The number of carbonyl (C=O) groups excluding carboxylic acids is 1. The lowest BCUT2D eigenvalue weighted by atomic mass is 10.00. The largest absolute Gasteiger partial charge is 0.330 e. The Hall–Kier alpha value is -0.860. The van der Waals surface area contributed by atoms with Crippen LogP contribution < -0.4 is 5.73 Å². The van der Waals surface area contributed by atoms with Gasteiger partial charge in [-0.3, -0.25) is 4.79 Å². The molecule has 0 saturated heterocycles. The van der Waals surface area contributed by atoms with Crippen LogP contribution in [0.5, 0.6) is 0 Å². The van der Waals surface area contributed by atoms with Crippen LogP contribution >= 0.6 is 11.6 Å². The summed E-state index contributed by atoms with van der Waals surface area (Å²) in [6, 6.07) is 6.85. The van der Waals surface area contributed by atoms with Gasteiger partial charge in [0.05, 0.1) is 0 Å². The van der Waals surface area contributed by atoms with E-state index >= 15 is 0 Å². The Morgan fingerprint density at radius 3 is 2.46 bits per heavy atom. The van der Waals surface area contributed by atoms with E-state index in [1.54, 1.807) is 24.3 Å². The molecule has 13 heavy (non-hydrogen) atoms. The first-order valence-corrected chi connectivity index (χ1v) is 4.52. The average Bonchev–Trinajstić information content (AvgIpc) is 2.17. The molecule has 0 aromatic heterocycles. The second-order valence-corrected chi connectivity index (χ2v) is 3.44. The van der Waals surface area contributed by atoms with Crippen molar-refractivity contribution in [1.29, 1.82) is 0 Å². The minimum Gasteiger partial charge on any atom is -0.330 e. The van der Waals surface area contributed by atoms with E-state index in [4.69, 9.17) is 17.3 Å². The summed E-state index contributed by atoms with van der Waals surface area (Å²) < 4.78 is 0. The molecule has 1 aromatic rings. The third-order valence-electron chi connectivity index (χ3n) is 1.93. The van der Waals surface area contributed by atoms with Crippen molar-refractivity contribution < 1.29 is 4.79 Å². The maximum absolute atomic E-state index is 11.6. The molecule has 0 aliphatic carbocycles. The van der Waals surface area contributed by atoms with Crippen LogP contribution in [-0.2, 0) is 0 Å². The first-order chi connectivity index (χ1) is 6.15. The molecule has 0 spiro atoms. The molecule has 1 atom stereocenters. The molecule has 3 heteroatoms. The molecule has 0 saturated carbocycles. The Morgan fingerprint density at radius 2 is 2.00 bits per heavy atom. The molecule has 2 nitrogen and oxygen atoms in total. The van der Waals surface area contributed by atoms with E-state index in [1.807, 2.05) is 6.92 Å². The topological polar surface area (TPSA) is 43.1 Å². The third kappa shape index (κ3) is 2.54. The molecule has 0 amide bonds. The highest BCUT2D eigenvalue weighted by molar-refractivity contribution is 6.30. The monoisotopic (exact) mass is 197 g/mol. The van der Waals surface area contributed by atoms with Gasteiger partial charge >= 0.3 is 0 Å². The lowest BCUT2D eigenvalue weighted by molar-refractivity contribution is 0.0934. The van der Waals surface area contributed by atoms with E-state index in [0.29, 0.717) is 17.1 Å². The molecular formula is C10H12ClNO. The number of rotatable bonds is 3. The van der Waals surface area contributed by atoms with Crippen LogP contribution in [-0.4, -0.2) is 12.3 Å². The molecule has 0 aliphatic heterocycles. The summed E-state index contributed by atoms with van der Waals surface area (Å²) in [5.41, 5.74) is 6.06. The first kappa shape index (κ1) is 10.2. The highest BCUT2D eigenvalue weighted by Crippen LogP contribution is 2.12. The van der Waals surface area contributed by atoms with E-state index in [2.05, 4.69) is 0 Å². The normalized spacial score (nSPS) is 12.5. The molecular weight excluding hydrogens is 186 g/mol. The zero-order chi connectivity index (χ0) is 9.84. The van der Waals surface area contributed by atoms with Crippen molar-refractivity contribution >= 4 is 17.4 Å². The number of hydrogen-bond acceptors (Lipinski definition) is 2. The van der Waals surface area contributed by atoms with Crippen LogP contribution in [0.15, 0.2) is 24.3 Å². The van der Waals surface area contributed by atoms with E-state index in [1.165, 1.54) is 0 Å². The maximum Gasteiger partial charge on any atom is 0.166 e. The number of benzene rings is 1. The van der Waals surface area contributed by atoms with Crippen LogP contribution in [0.25, 0.3) is 0 Å². The molecule has 0 fully saturated rings. The second-order valence-electron chi connectivity index (χ2n) is 3.01. The number of halogens is 1. The lowest BCUT2D eigenvalue weighted by Crippen LogP contribution is -2.20. The van der Waals surface area contributed by atoms with Gasteiger partial charge in [0.2, 0.25) is 0 Å². The van der Waals surface area contributed by atoms with E-state index in [0.717, 1.165) is 0 Å². The van der Waals surface area contributed by atoms with Crippen molar-refractivity contribution in [1.82, 2.24) is 0 Å². The number of carbonyl (C=O) groups is 1. The summed E-state index contributed by atoms with van der Waals surface area (Å²) >= 11 is 5.69. The SMILES string of the molecule is CC(CN)C(=O)c1ccc(Cl)cc1. The number of ketones is 1. The van der Waals surface area contributed by atoms with Gasteiger partial charge in [0, 0.05) is 23.0 Å². The summed E-state index contributed by atoms with van der Waals surface area (Å²) in [4.78, 5) is 11.6. The van der Waals surface area contributed by atoms with Crippen molar-refractivity contribution in [3.63, 3.8) is 0 Å². The highest BCUT2D eigenvalue weighted by Gasteiger charge is 2.12. The Balaban J connectivity index is 2.83. The van der Waals surface area contributed by atoms with E-state index < -0.39 is 0 Å². The Labute approximate surface area is 82.7 Å². The molecule has 1 aromatic carbocycles. The Kier molecular flexibility index (Phi) is 3.46. The van der Waals surface area contributed by atoms with Crippen LogP contribution in [0.1, 0.15) is 17.3 Å². The third-order valence-corrected chi connectivity index (χ3v) is 2.18.